The SMILES string of the molecule is C=C(C)Oc1c(O)cc(O)cc1CCCCCCCCCCCCCCC. The first-order valence-electron chi connectivity index (χ1n) is 10.9. The van der Waals surface area contributed by atoms with Gasteiger partial charge in [-0.3, -0.25) is 0 Å². The summed E-state index contributed by atoms with van der Waals surface area (Å²) >= 11 is 0. The molecule has 0 aromatic heterocycles. The van der Waals surface area contributed by atoms with Crippen molar-refractivity contribution in [2.75, 3.05) is 0 Å². The zero-order valence-electron chi connectivity index (χ0n) is 17.6. The number of unbranched alkanes of at least 4 members (excludes halogenated alkanes) is 12. The summed E-state index contributed by atoms with van der Waals surface area (Å²) in [5.41, 5.74) is 0.846. The second kappa shape index (κ2) is 14.4. The van der Waals surface area contributed by atoms with E-state index in [4.69, 9.17) is 4.74 Å². The van der Waals surface area contributed by atoms with Crippen molar-refractivity contribution in [3.8, 4) is 17.2 Å². The van der Waals surface area contributed by atoms with Crippen LogP contribution in [0.5, 0.6) is 17.2 Å². The first-order valence-corrected chi connectivity index (χ1v) is 10.9. The summed E-state index contributed by atoms with van der Waals surface area (Å²) in [5, 5.41) is 19.7. The molecule has 3 nitrogen and oxygen atoms in total. The highest BCUT2D eigenvalue weighted by Crippen LogP contribution is 2.36. The number of benzene rings is 1. The van der Waals surface area contributed by atoms with Crippen molar-refractivity contribution in [2.24, 2.45) is 0 Å². The number of phenols is 2. The van der Waals surface area contributed by atoms with E-state index in [1.165, 1.54) is 83.1 Å². The minimum atomic E-state index is -0.0253. The van der Waals surface area contributed by atoms with Gasteiger partial charge in [-0.25, -0.2) is 0 Å². The molecule has 0 bridgehead atoms. The monoisotopic (exact) mass is 376 g/mol. The van der Waals surface area contributed by atoms with E-state index in [1.54, 1.807) is 13.0 Å². The maximum atomic E-state index is 10.00. The Bertz CT molecular complexity index is 537. The van der Waals surface area contributed by atoms with Crippen LogP contribution in [0.25, 0.3) is 0 Å². The summed E-state index contributed by atoms with van der Waals surface area (Å²) < 4.78 is 5.54. The van der Waals surface area contributed by atoms with E-state index in [9.17, 15) is 10.2 Å². The third kappa shape index (κ3) is 10.9. The van der Waals surface area contributed by atoms with Crippen LogP contribution in [-0.2, 0) is 6.42 Å². The van der Waals surface area contributed by atoms with Crippen molar-refractivity contribution in [2.45, 2.75) is 104 Å². The molecule has 0 unspecified atom stereocenters. The Labute approximate surface area is 166 Å². The van der Waals surface area contributed by atoms with E-state index >= 15 is 0 Å². The van der Waals surface area contributed by atoms with E-state index in [0.29, 0.717) is 11.5 Å². The fourth-order valence-corrected chi connectivity index (χ4v) is 3.47. The Balaban J connectivity index is 2.12. The van der Waals surface area contributed by atoms with E-state index in [0.717, 1.165) is 18.4 Å². The molecule has 0 amide bonds. The lowest BCUT2D eigenvalue weighted by molar-refractivity contribution is 0.374. The molecule has 0 radical (unpaired) electrons. The van der Waals surface area contributed by atoms with Crippen LogP contribution in [0, 0.1) is 0 Å². The first kappa shape index (κ1) is 23.4. The van der Waals surface area contributed by atoms with Gasteiger partial charge in [0.1, 0.15) is 5.75 Å². The molecular formula is C24H40O3. The summed E-state index contributed by atoms with van der Waals surface area (Å²) in [6.45, 7) is 7.75. The molecule has 0 fully saturated rings. The summed E-state index contributed by atoms with van der Waals surface area (Å²) in [5.74, 6) is 1.01. The van der Waals surface area contributed by atoms with Crippen LogP contribution in [0.4, 0.5) is 0 Å². The molecule has 0 saturated carbocycles. The molecule has 0 saturated heterocycles. The second-order valence-electron chi connectivity index (χ2n) is 7.75. The molecule has 0 aliphatic carbocycles. The van der Waals surface area contributed by atoms with Gasteiger partial charge < -0.3 is 14.9 Å². The minimum absolute atomic E-state index is 0.0253. The quantitative estimate of drug-likeness (QED) is 0.230. The lowest BCUT2D eigenvalue weighted by atomic mass is 10.0. The van der Waals surface area contributed by atoms with Gasteiger partial charge in [-0.05, 0) is 25.8 Å². The Morgan fingerprint density at radius 1 is 0.815 bits per heavy atom. The van der Waals surface area contributed by atoms with E-state index in [-0.39, 0.29) is 11.5 Å². The highest BCUT2D eigenvalue weighted by atomic mass is 16.5. The van der Waals surface area contributed by atoms with Crippen LogP contribution in [0.15, 0.2) is 24.5 Å². The van der Waals surface area contributed by atoms with Crippen molar-refractivity contribution >= 4 is 0 Å². The molecule has 0 aliphatic rings. The largest absolute Gasteiger partial charge is 0.508 e. The lowest BCUT2D eigenvalue weighted by Gasteiger charge is -2.13. The summed E-state index contributed by atoms with van der Waals surface area (Å²) in [6, 6.07) is 2.99. The minimum Gasteiger partial charge on any atom is -0.508 e. The Hall–Kier alpha value is -1.64. The van der Waals surface area contributed by atoms with E-state index < -0.39 is 0 Å². The van der Waals surface area contributed by atoms with Gasteiger partial charge in [-0.1, -0.05) is 90.6 Å². The van der Waals surface area contributed by atoms with Crippen LogP contribution in [0.1, 0.15) is 103 Å². The van der Waals surface area contributed by atoms with Gasteiger partial charge in [0.15, 0.2) is 11.5 Å². The number of hydrogen-bond donors (Lipinski definition) is 2. The Morgan fingerprint density at radius 3 is 1.78 bits per heavy atom. The van der Waals surface area contributed by atoms with Crippen molar-refractivity contribution in [1.29, 1.82) is 0 Å². The first-order chi connectivity index (χ1) is 13.0. The predicted octanol–water partition coefficient (Wildman–Crippen LogP) is 7.64. The smallest absolute Gasteiger partial charge is 0.171 e. The number of hydrogen-bond acceptors (Lipinski definition) is 3. The third-order valence-electron chi connectivity index (χ3n) is 4.96. The van der Waals surface area contributed by atoms with Gasteiger partial charge in [0.2, 0.25) is 0 Å². The molecule has 0 spiro atoms. The topological polar surface area (TPSA) is 49.7 Å². The zero-order valence-corrected chi connectivity index (χ0v) is 17.6. The number of aromatic hydroxyl groups is 2. The van der Waals surface area contributed by atoms with Gasteiger partial charge in [0.25, 0.3) is 0 Å². The molecule has 154 valence electrons. The average Bonchev–Trinajstić information content (AvgIpc) is 2.61. The lowest BCUT2D eigenvalue weighted by Crippen LogP contribution is -1.96. The van der Waals surface area contributed by atoms with Crippen LogP contribution < -0.4 is 4.74 Å². The van der Waals surface area contributed by atoms with Crippen LogP contribution in [-0.4, -0.2) is 10.2 Å². The summed E-state index contributed by atoms with van der Waals surface area (Å²) in [6.07, 6.45) is 18.0. The number of rotatable bonds is 16. The zero-order chi connectivity index (χ0) is 19.9. The molecule has 0 heterocycles. The molecule has 1 aromatic carbocycles. The van der Waals surface area contributed by atoms with Crippen LogP contribution in [0.2, 0.25) is 0 Å². The molecule has 0 atom stereocenters. The fraction of sp³-hybridized carbons (Fsp3) is 0.667. The van der Waals surface area contributed by atoms with Crippen molar-refractivity contribution < 1.29 is 14.9 Å². The molecule has 1 aromatic rings. The van der Waals surface area contributed by atoms with Gasteiger partial charge in [0, 0.05) is 11.6 Å². The maximum absolute atomic E-state index is 10.00. The Kier molecular flexibility index (Phi) is 12.5. The van der Waals surface area contributed by atoms with E-state index in [1.807, 2.05) is 0 Å². The van der Waals surface area contributed by atoms with E-state index in [2.05, 4.69) is 13.5 Å². The van der Waals surface area contributed by atoms with Crippen LogP contribution >= 0.6 is 0 Å². The van der Waals surface area contributed by atoms with Gasteiger partial charge in [-0.15, -0.1) is 0 Å². The molecule has 1 rings (SSSR count). The average molecular weight is 377 g/mol. The van der Waals surface area contributed by atoms with Crippen molar-refractivity contribution in [3.05, 3.63) is 30.0 Å². The third-order valence-corrected chi connectivity index (χ3v) is 4.96. The molecule has 0 aliphatic heterocycles. The van der Waals surface area contributed by atoms with Crippen molar-refractivity contribution in [1.82, 2.24) is 0 Å². The molecule has 2 N–H and O–H groups in total. The highest BCUT2D eigenvalue weighted by molar-refractivity contribution is 5.51. The maximum Gasteiger partial charge on any atom is 0.171 e. The highest BCUT2D eigenvalue weighted by Gasteiger charge is 2.12. The standard InChI is InChI=1S/C24H40O3/c1-4-5-6-7-8-9-10-11-12-13-14-15-16-17-21-18-22(25)19-23(26)24(21)27-20(2)3/h18-19,25-26H,2,4-17H2,1,3H3. The van der Waals surface area contributed by atoms with Crippen LogP contribution in [0.3, 0.4) is 0 Å². The second-order valence-corrected chi connectivity index (χ2v) is 7.75. The van der Waals surface area contributed by atoms with Gasteiger partial charge in [-0.2, -0.15) is 0 Å². The predicted molar refractivity (Wildman–Crippen MR) is 115 cm³/mol. The molecular weight excluding hydrogens is 336 g/mol. The van der Waals surface area contributed by atoms with Crippen molar-refractivity contribution in [3.63, 3.8) is 0 Å². The normalized spacial score (nSPS) is 10.9. The fourth-order valence-electron chi connectivity index (χ4n) is 3.47. The molecule has 27 heavy (non-hydrogen) atoms. The number of ether oxygens (including phenoxy) is 1. The summed E-state index contributed by atoms with van der Waals surface area (Å²) in [4.78, 5) is 0. The van der Waals surface area contributed by atoms with Gasteiger partial charge in [0.05, 0.1) is 5.76 Å². The van der Waals surface area contributed by atoms with Gasteiger partial charge >= 0.3 is 0 Å². The molecule has 3 heteroatoms. The number of allylic oxidation sites excluding steroid dienone is 1. The summed E-state index contributed by atoms with van der Waals surface area (Å²) in [7, 11) is 0. The number of aryl methyl sites for hydroxylation is 1. The number of phenolic OH excluding ortho intramolecular Hbond substituents is 2. The Morgan fingerprint density at radius 2 is 1.30 bits per heavy atom.